The zero-order valence-electron chi connectivity index (χ0n) is 14.8. The number of pyridine rings is 2. The van der Waals surface area contributed by atoms with Crippen molar-refractivity contribution in [1.82, 2.24) is 29.1 Å². The minimum absolute atomic E-state index is 0.0799. The zero-order valence-corrected chi connectivity index (χ0v) is 15.6. The third-order valence-corrected chi connectivity index (χ3v) is 5.08. The van der Waals surface area contributed by atoms with E-state index in [2.05, 4.69) is 31.7 Å². The number of rotatable bonds is 6. The summed E-state index contributed by atoms with van der Waals surface area (Å²) in [5.41, 5.74) is 2.28. The normalized spacial score (nSPS) is 11.1. The van der Waals surface area contributed by atoms with Gasteiger partial charge in [-0.2, -0.15) is 0 Å². The maximum absolute atomic E-state index is 12.2. The fourth-order valence-corrected chi connectivity index (χ4v) is 3.71. The van der Waals surface area contributed by atoms with Gasteiger partial charge >= 0.3 is 0 Å². The molecule has 0 saturated carbocycles. The highest BCUT2D eigenvalue weighted by Crippen LogP contribution is 2.26. The van der Waals surface area contributed by atoms with Crippen molar-refractivity contribution in [3.05, 3.63) is 71.0 Å². The Bertz CT molecular complexity index is 1120. The highest BCUT2D eigenvalue weighted by Gasteiger charge is 2.14. The Hall–Kier alpha value is -3.00. The molecule has 0 fully saturated rings. The fourth-order valence-electron chi connectivity index (χ4n) is 2.85. The Morgan fingerprint density at radius 2 is 1.96 bits per heavy atom. The van der Waals surface area contributed by atoms with Crippen molar-refractivity contribution in [1.29, 1.82) is 0 Å². The monoisotopic (exact) mass is 378 g/mol. The number of hydrogen-bond donors (Lipinski definition) is 0. The molecule has 0 radical (unpaired) electrons. The van der Waals surface area contributed by atoms with Crippen molar-refractivity contribution < 1.29 is 0 Å². The van der Waals surface area contributed by atoms with Crippen LogP contribution in [0.25, 0.3) is 17.0 Å². The third-order valence-electron chi connectivity index (χ3n) is 4.08. The standard InChI is InChI=1S/C19H18N6OS/c1-2-10-25-18(14-6-8-20-9-7-14)22-23-19(25)27-13-15-12-17(26)24-11-4-3-5-16(24)21-15/h3-9,11-12H,2,10,13H2,1H3. The Morgan fingerprint density at radius 3 is 2.78 bits per heavy atom. The lowest BCUT2D eigenvalue weighted by Crippen LogP contribution is -2.14. The molecule has 4 aromatic rings. The van der Waals surface area contributed by atoms with Crippen LogP contribution in [-0.4, -0.2) is 29.1 Å². The van der Waals surface area contributed by atoms with E-state index in [1.807, 2.05) is 30.3 Å². The molecule has 4 heterocycles. The average molecular weight is 378 g/mol. The highest BCUT2D eigenvalue weighted by atomic mass is 32.2. The summed E-state index contributed by atoms with van der Waals surface area (Å²) in [5, 5.41) is 9.54. The summed E-state index contributed by atoms with van der Waals surface area (Å²) in [6.45, 7) is 2.94. The fraction of sp³-hybridized carbons (Fsp3) is 0.211. The molecule has 0 bridgehead atoms. The first-order chi connectivity index (χ1) is 13.3. The van der Waals surface area contributed by atoms with Gasteiger partial charge in [-0.05, 0) is 30.7 Å². The van der Waals surface area contributed by atoms with E-state index in [-0.39, 0.29) is 5.56 Å². The molecule has 8 heteroatoms. The topological polar surface area (TPSA) is 78.0 Å². The molecule has 0 aromatic carbocycles. The van der Waals surface area contributed by atoms with Gasteiger partial charge in [-0.25, -0.2) is 4.98 Å². The first-order valence-electron chi connectivity index (χ1n) is 8.70. The van der Waals surface area contributed by atoms with Crippen LogP contribution in [0.5, 0.6) is 0 Å². The zero-order chi connectivity index (χ0) is 18.6. The van der Waals surface area contributed by atoms with Crippen molar-refractivity contribution in [2.24, 2.45) is 0 Å². The maximum atomic E-state index is 12.2. The SMILES string of the molecule is CCCn1c(SCc2cc(=O)n3ccccc3n2)nnc1-c1ccncc1. The van der Waals surface area contributed by atoms with E-state index in [1.165, 1.54) is 16.2 Å². The van der Waals surface area contributed by atoms with Crippen LogP contribution in [-0.2, 0) is 12.3 Å². The lowest BCUT2D eigenvalue weighted by atomic mass is 10.2. The van der Waals surface area contributed by atoms with Gasteiger partial charge in [-0.3, -0.25) is 14.2 Å². The lowest BCUT2D eigenvalue weighted by molar-refractivity contribution is 0.626. The van der Waals surface area contributed by atoms with Gasteiger partial charge < -0.3 is 4.57 Å². The molecule has 0 saturated heterocycles. The molecule has 0 aliphatic heterocycles. The second-order valence-corrected chi connectivity index (χ2v) is 6.94. The second kappa shape index (κ2) is 7.71. The molecule has 0 atom stereocenters. The van der Waals surface area contributed by atoms with E-state index in [0.29, 0.717) is 11.4 Å². The molecule has 7 nitrogen and oxygen atoms in total. The smallest absolute Gasteiger partial charge is 0.258 e. The number of hydrogen-bond acceptors (Lipinski definition) is 6. The minimum Gasteiger partial charge on any atom is -0.302 e. The number of fused-ring (bicyclic) bond motifs is 1. The summed E-state index contributed by atoms with van der Waals surface area (Å²) >= 11 is 1.54. The number of aromatic nitrogens is 6. The first kappa shape index (κ1) is 17.4. The Morgan fingerprint density at radius 1 is 1.11 bits per heavy atom. The van der Waals surface area contributed by atoms with Crippen molar-refractivity contribution >= 4 is 17.4 Å². The third kappa shape index (κ3) is 3.61. The van der Waals surface area contributed by atoms with Gasteiger partial charge in [0.05, 0.1) is 5.69 Å². The van der Waals surface area contributed by atoms with Crippen molar-refractivity contribution in [2.75, 3.05) is 0 Å². The van der Waals surface area contributed by atoms with Gasteiger partial charge in [0.15, 0.2) is 11.0 Å². The molecule has 136 valence electrons. The van der Waals surface area contributed by atoms with Crippen LogP contribution in [0.3, 0.4) is 0 Å². The summed E-state index contributed by atoms with van der Waals surface area (Å²) in [6.07, 6.45) is 6.19. The van der Waals surface area contributed by atoms with E-state index >= 15 is 0 Å². The van der Waals surface area contributed by atoms with E-state index in [9.17, 15) is 4.79 Å². The van der Waals surface area contributed by atoms with Gasteiger partial charge in [0.1, 0.15) is 5.65 Å². The number of thioether (sulfide) groups is 1. The first-order valence-corrected chi connectivity index (χ1v) is 9.68. The molecule has 0 aliphatic rings. The summed E-state index contributed by atoms with van der Waals surface area (Å²) < 4.78 is 3.64. The second-order valence-electron chi connectivity index (χ2n) is 6.00. The largest absolute Gasteiger partial charge is 0.302 e. The molecule has 0 unspecified atom stereocenters. The number of nitrogens with zero attached hydrogens (tertiary/aromatic N) is 6. The summed E-state index contributed by atoms with van der Waals surface area (Å²) in [7, 11) is 0. The highest BCUT2D eigenvalue weighted by molar-refractivity contribution is 7.98. The molecule has 0 amide bonds. The summed E-state index contributed by atoms with van der Waals surface area (Å²) in [5.74, 6) is 1.38. The predicted octanol–water partition coefficient (Wildman–Crippen LogP) is 3.05. The van der Waals surface area contributed by atoms with E-state index < -0.39 is 0 Å². The van der Waals surface area contributed by atoms with Gasteiger partial charge in [0, 0.05) is 42.5 Å². The lowest BCUT2D eigenvalue weighted by Gasteiger charge is -2.09. The van der Waals surface area contributed by atoms with Gasteiger partial charge in [0.25, 0.3) is 5.56 Å². The summed E-state index contributed by atoms with van der Waals surface area (Å²) in [6, 6.07) is 10.9. The molecular weight excluding hydrogens is 360 g/mol. The van der Waals surface area contributed by atoms with Crippen molar-refractivity contribution in [2.45, 2.75) is 30.8 Å². The quantitative estimate of drug-likeness (QED) is 0.480. The van der Waals surface area contributed by atoms with Crippen LogP contribution in [0.4, 0.5) is 0 Å². The van der Waals surface area contributed by atoms with Gasteiger partial charge in [-0.15, -0.1) is 10.2 Å². The van der Waals surface area contributed by atoms with E-state index in [0.717, 1.165) is 35.2 Å². The molecule has 4 rings (SSSR count). The maximum Gasteiger partial charge on any atom is 0.258 e. The van der Waals surface area contributed by atoms with Crippen LogP contribution in [0.2, 0.25) is 0 Å². The molecule has 0 N–H and O–H groups in total. The molecule has 0 spiro atoms. The van der Waals surface area contributed by atoms with Crippen LogP contribution in [0, 0.1) is 0 Å². The molecule has 4 aromatic heterocycles. The average Bonchev–Trinajstić information content (AvgIpc) is 3.10. The van der Waals surface area contributed by atoms with Crippen LogP contribution in [0.1, 0.15) is 19.0 Å². The molecule has 27 heavy (non-hydrogen) atoms. The minimum atomic E-state index is -0.0799. The van der Waals surface area contributed by atoms with E-state index in [1.54, 1.807) is 24.7 Å². The van der Waals surface area contributed by atoms with Crippen LogP contribution >= 0.6 is 11.8 Å². The van der Waals surface area contributed by atoms with Crippen molar-refractivity contribution in [3.8, 4) is 11.4 Å². The summed E-state index contributed by atoms with van der Waals surface area (Å²) in [4.78, 5) is 20.9. The Labute approximate surface area is 160 Å². The van der Waals surface area contributed by atoms with Crippen molar-refractivity contribution in [3.63, 3.8) is 0 Å². The van der Waals surface area contributed by atoms with Crippen LogP contribution in [0.15, 0.2) is 64.9 Å². The van der Waals surface area contributed by atoms with Gasteiger partial charge in [-0.1, -0.05) is 24.8 Å². The van der Waals surface area contributed by atoms with E-state index in [4.69, 9.17) is 0 Å². The van der Waals surface area contributed by atoms with Crippen LogP contribution < -0.4 is 5.56 Å². The Balaban J connectivity index is 1.62. The predicted molar refractivity (Wildman–Crippen MR) is 105 cm³/mol. The van der Waals surface area contributed by atoms with Gasteiger partial charge in [0.2, 0.25) is 0 Å². The molecular formula is C19H18N6OS. The Kier molecular flexibility index (Phi) is 4.97. The molecule has 0 aliphatic carbocycles.